The molecule has 5 nitrogen and oxygen atoms in total. The Kier molecular flexibility index (Phi) is 5.28. The largest absolute Gasteiger partial charge is 0.493 e. The zero-order valence-electron chi connectivity index (χ0n) is 17.6. The number of fused-ring (bicyclic) bond motifs is 3. The first-order chi connectivity index (χ1) is 13.6. The summed E-state index contributed by atoms with van der Waals surface area (Å²) in [5.74, 6) is -2.22. The van der Waals surface area contributed by atoms with Crippen LogP contribution >= 0.6 is 0 Å². The molecule has 2 fully saturated rings. The van der Waals surface area contributed by atoms with Crippen LogP contribution in [-0.4, -0.2) is 60.5 Å². The molecule has 4 rings (SSSR count). The predicted molar refractivity (Wildman–Crippen MR) is 105 cm³/mol. The molecule has 0 bridgehead atoms. The number of hydrogen-bond acceptors (Lipinski definition) is 5. The van der Waals surface area contributed by atoms with E-state index in [9.17, 15) is 13.9 Å². The lowest BCUT2D eigenvalue weighted by Gasteiger charge is -2.46. The summed E-state index contributed by atoms with van der Waals surface area (Å²) in [7, 11) is 1.56. The number of halogens is 2. The maximum Gasteiger partial charge on any atom is 0.255 e. The fourth-order valence-corrected chi connectivity index (χ4v) is 4.47. The Hall–Kier alpha value is -1.44. The highest BCUT2D eigenvalue weighted by Crippen LogP contribution is 2.49. The Morgan fingerprint density at radius 2 is 1.97 bits per heavy atom. The van der Waals surface area contributed by atoms with Gasteiger partial charge in [0.2, 0.25) is 0 Å². The topological polar surface area (TPSA) is 51.2 Å². The van der Waals surface area contributed by atoms with Crippen molar-refractivity contribution in [2.45, 2.75) is 69.8 Å². The van der Waals surface area contributed by atoms with Crippen molar-refractivity contribution in [2.75, 3.05) is 26.8 Å². The van der Waals surface area contributed by atoms with Gasteiger partial charge in [0.05, 0.1) is 37.4 Å². The zero-order chi connectivity index (χ0) is 21.0. The van der Waals surface area contributed by atoms with Crippen molar-refractivity contribution in [3.05, 3.63) is 23.3 Å². The van der Waals surface area contributed by atoms with Crippen LogP contribution < -0.4 is 9.47 Å². The summed E-state index contributed by atoms with van der Waals surface area (Å²) >= 11 is 0. The SMILES string of the molecule is COc1cc2c(cc1OC[C@@H]1CC1(F)F)CCN1C[C@@H](OC(C)(C)C)[C@H](O)C[C@H]21. The van der Waals surface area contributed by atoms with Gasteiger partial charge in [-0.15, -0.1) is 0 Å². The maximum atomic E-state index is 13.2. The molecule has 29 heavy (non-hydrogen) atoms. The normalized spacial score (nSPS) is 31.0. The molecule has 0 radical (unpaired) electrons. The van der Waals surface area contributed by atoms with Gasteiger partial charge < -0.3 is 19.3 Å². The minimum Gasteiger partial charge on any atom is -0.493 e. The van der Waals surface area contributed by atoms with Crippen molar-refractivity contribution in [2.24, 2.45) is 5.92 Å². The average molecular weight is 411 g/mol. The zero-order valence-corrected chi connectivity index (χ0v) is 17.6. The summed E-state index contributed by atoms with van der Waals surface area (Å²) in [6.45, 7) is 7.55. The van der Waals surface area contributed by atoms with Gasteiger partial charge in [-0.1, -0.05) is 0 Å². The number of piperidine rings is 1. The Morgan fingerprint density at radius 1 is 1.24 bits per heavy atom. The van der Waals surface area contributed by atoms with E-state index in [0.717, 1.165) is 24.1 Å². The molecule has 3 aliphatic rings. The molecule has 1 saturated carbocycles. The molecule has 0 aromatic heterocycles. The van der Waals surface area contributed by atoms with Gasteiger partial charge in [0.25, 0.3) is 5.92 Å². The van der Waals surface area contributed by atoms with Crippen LogP contribution in [0.25, 0.3) is 0 Å². The van der Waals surface area contributed by atoms with Crippen LogP contribution in [0.15, 0.2) is 12.1 Å². The number of ether oxygens (including phenoxy) is 3. The molecule has 1 saturated heterocycles. The van der Waals surface area contributed by atoms with Gasteiger partial charge in [0, 0.05) is 25.6 Å². The molecule has 7 heteroatoms. The van der Waals surface area contributed by atoms with Gasteiger partial charge in [-0.25, -0.2) is 8.78 Å². The number of alkyl halides is 2. The summed E-state index contributed by atoms with van der Waals surface area (Å²) in [6, 6.07) is 3.96. The fraction of sp³-hybridized carbons (Fsp3) is 0.727. The van der Waals surface area contributed by atoms with E-state index in [0.29, 0.717) is 24.5 Å². The van der Waals surface area contributed by atoms with Crippen LogP contribution in [-0.2, 0) is 11.2 Å². The second-order valence-corrected chi connectivity index (χ2v) is 9.51. The standard InChI is InChI=1S/C22H31F2NO4/c1-21(2,3)29-20-11-25-6-5-13-7-19(28-12-14-10-22(14,23)24)18(27-4)8-15(13)16(25)9-17(20)26/h7-8,14,16-17,20,26H,5-6,9-12H2,1-4H3/t14-,16+,17+,20+/m0/s1. The summed E-state index contributed by atoms with van der Waals surface area (Å²) in [4.78, 5) is 2.36. The molecule has 4 atom stereocenters. The molecular formula is C22H31F2NO4. The lowest BCUT2D eigenvalue weighted by atomic mass is 9.84. The van der Waals surface area contributed by atoms with E-state index in [1.54, 1.807) is 7.11 Å². The van der Waals surface area contributed by atoms with Crippen molar-refractivity contribution < 1.29 is 28.1 Å². The maximum absolute atomic E-state index is 13.2. The van der Waals surface area contributed by atoms with Crippen LogP contribution in [0.5, 0.6) is 11.5 Å². The summed E-state index contributed by atoms with van der Waals surface area (Å²) in [6.07, 6.45) is 0.570. The number of aliphatic hydroxyl groups is 1. The van der Waals surface area contributed by atoms with Crippen LogP contribution in [0.2, 0.25) is 0 Å². The summed E-state index contributed by atoms with van der Waals surface area (Å²) in [5, 5.41) is 10.7. The minimum absolute atomic E-state index is 0.00222. The Morgan fingerprint density at radius 3 is 2.59 bits per heavy atom. The van der Waals surface area contributed by atoms with Gasteiger partial charge in [-0.05, 0) is 56.9 Å². The number of hydrogen-bond donors (Lipinski definition) is 1. The van der Waals surface area contributed by atoms with Crippen molar-refractivity contribution in [3.8, 4) is 11.5 Å². The van der Waals surface area contributed by atoms with E-state index < -0.39 is 17.9 Å². The van der Waals surface area contributed by atoms with Crippen molar-refractivity contribution in [1.29, 1.82) is 0 Å². The molecule has 162 valence electrons. The highest BCUT2D eigenvalue weighted by Gasteiger charge is 2.57. The molecule has 2 heterocycles. The van der Waals surface area contributed by atoms with Crippen molar-refractivity contribution in [3.63, 3.8) is 0 Å². The summed E-state index contributed by atoms with van der Waals surface area (Å²) < 4.78 is 43.6. The minimum atomic E-state index is -2.59. The Labute approximate surface area is 170 Å². The fourth-order valence-electron chi connectivity index (χ4n) is 4.47. The molecule has 0 unspecified atom stereocenters. The average Bonchev–Trinajstić information content (AvgIpc) is 3.25. The molecule has 1 aromatic rings. The van der Waals surface area contributed by atoms with E-state index in [1.165, 1.54) is 0 Å². The number of methoxy groups -OCH3 is 1. The Balaban J connectivity index is 1.51. The molecule has 0 spiro atoms. The van der Waals surface area contributed by atoms with Crippen molar-refractivity contribution >= 4 is 0 Å². The lowest BCUT2D eigenvalue weighted by molar-refractivity contribution is -0.149. The number of nitrogens with zero attached hydrogens (tertiary/aromatic N) is 1. The van der Waals surface area contributed by atoms with Gasteiger partial charge in [-0.3, -0.25) is 4.90 Å². The van der Waals surface area contributed by atoms with Gasteiger partial charge in [0.1, 0.15) is 0 Å². The first-order valence-electron chi connectivity index (χ1n) is 10.4. The molecule has 1 N–H and O–H groups in total. The smallest absolute Gasteiger partial charge is 0.255 e. The molecule has 0 amide bonds. The van der Waals surface area contributed by atoms with Crippen molar-refractivity contribution in [1.82, 2.24) is 4.90 Å². The second-order valence-electron chi connectivity index (χ2n) is 9.51. The second kappa shape index (κ2) is 7.36. The molecule has 1 aliphatic carbocycles. The first kappa shape index (κ1) is 20.8. The first-order valence-corrected chi connectivity index (χ1v) is 10.4. The molecular weight excluding hydrogens is 380 g/mol. The van der Waals surface area contributed by atoms with Crippen LogP contribution in [0, 0.1) is 5.92 Å². The lowest BCUT2D eigenvalue weighted by Crippen LogP contribution is -2.53. The van der Waals surface area contributed by atoms with Gasteiger partial charge in [0.15, 0.2) is 11.5 Å². The predicted octanol–water partition coefficient (Wildman–Crippen LogP) is 3.58. The number of rotatable bonds is 5. The van der Waals surface area contributed by atoms with Crippen LogP contribution in [0.1, 0.15) is 50.8 Å². The monoisotopic (exact) mass is 411 g/mol. The number of benzene rings is 1. The van der Waals surface area contributed by atoms with E-state index in [1.807, 2.05) is 32.9 Å². The van der Waals surface area contributed by atoms with Crippen LogP contribution in [0.3, 0.4) is 0 Å². The van der Waals surface area contributed by atoms with E-state index in [-0.39, 0.29) is 30.8 Å². The highest BCUT2D eigenvalue weighted by atomic mass is 19.3. The summed E-state index contributed by atoms with van der Waals surface area (Å²) in [5.41, 5.74) is 1.94. The Bertz CT molecular complexity index is 764. The van der Waals surface area contributed by atoms with Gasteiger partial charge >= 0.3 is 0 Å². The quantitative estimate of drug-likeness (QED) is 0.803. The third-order valence-corrected chi connectivity index (χ3v) is 6.10. The molecule has 1 aromatic carbocycles. The highest BCUT2D eigenvalue weighted by molar-refractivity contribution is 5.49. The molecule has 2 aliphatic heterocycles. The van der Waals surface area contributed by atoms with Crippen LogP contribution in [0.4, 0.5) is 8.78 Å². The van der Waals surface area contributed by atoms with E-state index in [2.05, 4.69) is 4.90 Å². The third-order valence-electron chi connectivity index (χ3n) is 6.10. The van der Waals surface area contributed by atoms with E-state index >= 15 is 0 Å². The third kappa shape index (κ3) is 4.37. The number of aliphatic hydroxyl groups excluding tert-OH is 1. The van der Waals surface area contributed by atoms with E-state index in [4.69, 9.17) is 14.2 Å². The van der Waals surface area contributed by atoms with Gasteiger partial charge in [-0.2, -0.15) is 0 Å².